The van der Waals surface area contributed by atoms with Gasteiger partial charge in [0.1, 0.15) is 0 Å². The van der Waals surface area contributed by atoms with Crippen molar-refractivity contribution in [3.05, 3.63) is 12.2 Å². The number of nitrogens with one attached hydrogen (secondary N) is 1. The molecular weight excluding hydrogens is 206 g/mol. The Bertz CT molecular complexity index is 228. The number of allylic oxidation sites excluding steroid dienone is 2. The Balaban J connectivity index is 1.72. The van der Waals surface area contributed by atoms with Gasteiger partial charge in [-0.05, 0) is 56.9 Å². The van der Waals surface area contributed by atoms with Crippen LogP contribution in [-0.2, 0) is 0 Å². The van der Waals surface area contributed by atoms with E-state index < -0.39 is 0 Å². The van der Waals surface area contributed by atoms with Crippen molar-refractivity contribution in [1.82, 2.24) is 5.32 Å². The van der Waals surface area contributed by atoms with Gasteiger partial charge in [0.2, 0.25) is 0 Å². The minimum absolute atomic E-state index is 0.793. The van der Waals surface area contributed by atoms with Gasteiger partial charge in [0.15, 0.2) is 0 Å². The zero-order chi connectivity index (χ0) is 11.9. The fraction of sp³-hybridized carbons (Fsp3) is 0.875. The summed E-state index contributed by atoms with van der Waals surface area (Å²) in [6.45, 7) is 3.60. The van der Waals surface area contributed by atoms with E-state index in [9.17, 15) is 0 Å². The normalized spacial score (nSPS) is 28.2. The lowest BCUT2D eigenvalue weighted by molar-refractivity contribution is 0.251. The minimum Gasteiger partial charge on any atom is -0.313 e. The Morgan fingerprint density at radius 2 is 1.94 bits per heavy atom. The van der Waals surface area contributed by atoms with Gasteiger partial charge in [-0.3, -0.25) is 0 Å². The van der Waals surface area contributed by atoms with Crippen LogP contribution in [0.4, 0.5) is 0 Å². The highest BCUT2D eigenvalue weighted by molar-refractivity contribution is 4.91. The summed E-state index contributed by atoms with van der Waals surface area (Å²) in [4.78, 5) is 0. The molecule has 1 saturated carbocycles. The highest BCUT2D eigenvalue weighted by atomic mass is 14.9. The Labute approximate surface area is 107 Å². The molecule has 1 fully saturated rings. The van der Waals surface area contributed by atoms with E-state index in [2.05, 4.69) is 24.4 Å². The minimum atomic E-state index is 0.793. The van der Waals surface area contributed by atoms with Crippen molar-refractivity contribution < 1.29 is 0 Å². The van der Waals surface area contributed by atoms with Crippen molar-refractivity contribution >= 4 is 0 Å². The number of hydrogen-bond donors (Lipinski definition) is 1. The van der Waals surface area contributed by atoms with Crippen LogP contribution in [0.25, 0.3) is 0 Å². The van der Waals surface area contributed by atoms with Gasteiger partial charge in [-0.25, -0.2) is 0 Å². The third-order valence-corrected chi connectivity index (χ3v) is 4.71. The molecule has 1 heteroatoms. The van der Waals surface area contributed by atoms with Crippen LogP contribution in [0.5, 0.6) is 0 Å². The molecule has 1 N–H and O–H groups in total. The molecule has 1 nitrogen and oxygen atoms in total. The third-order valence-electron chi connectivity index (χ3n) is 4.71. The number of hydrogen-bond acceptors (Lipinski definition) is 1. The lowest BCUT2D eigenvalue weighted by Crippen LogP contribution is -2.39. The van der Waals surface area contributed by atoms with Gasteiger partial charge in [0, 0.05) is 6.04 Å². The Morgan fingerprint density at radius 3 is 2.59 bits per heavy atom. The monoisotopic (exact) mass is 235 g/mol. The summed E-state index contributed by atoms with van der Waals surface area (Å²) in [5.74, 6) is 1.87. The average Bonchev–Trinajstić information content (AvgIpc) is 2.42. The standard InChI is InChI=1S/C16H29N/c1-2-16(15-11-7-4-8-12-15)17-13-14-9-5-3-6-10-14/h3,5,14-17H,2,4,6-13H2,1H3. The van der Waals surface area contributed by atoms with Gasteiger partial charge in [0.05, 0.1) is 0 Å². The molecule has 0 aromatic heterocycles. The lowest BCUT2D eigenvalue weighted by Gasteiger charge is -2.32. The van der Waals surface area contributed by atoms with Gasteiger partial charge < -0.3 is 5.32 Å². The van der Waals surface area contributed by atoms with E-state index in [1.54, 1.807) is 0 Å². The fourth-order valence-electron chi connectivity index (χ4n) is 3.54. The molecule has 2 atom stereocenters. The van der Waals surface area contributed by atoms with Gasteiger partial charge in [0.25, 0.3) is 0 Å². The maximum absolute atomic E-state index is 3.87. The lowest BCUT2D eigenvalue weighted by atomic mass is 9.82. The molecule has 2 aliphatic rings. The molecular formula is C16H29N. The van der Waals surface area contributed by atoms with Crippen molar-refractivity contribution in [2.45, 2.75) is 70.8 Å². The first-order valence-corrected chi connectivity index (χ1v) is 7.78. The van der Waals surface area contributed by atoms with Gasteiger partial charge in [-0.15, -0.1) is 0 Å². The fourth-order valence-corrected chi connectivity index (χ4v) is 3.54. The molecule has 98 valence electrons. The molecule has 0 aliphatic heterocycles. The first-order chi connectivity index (χ1) is 8.40. The van der Waals surface area contributed by atoms with E-state index in [0.29, 0.717) is 0 Å². The smallest absolute Gasteiger partial charge is 0.00928 e. The molecule has 2 aliphatic carbocycles. The van der Waals surface area contributed by atoms with Gasteiger partial charge in [-0.1, -0.05) is 38.3 Å². The Morgan fingerprint density at radius 1 is 1.12 bits per heavy atom. The average molecular weight is 235 g/mol. The summed E-state index contributed by atoms with van der Waals surface area (Å²) in [7, 11) is 0. The van der Waals surface area contributed by atoms with Crippen LogP contribution >= 0.6 is 0 Å². The molecule has 0 aromatic carbocycles. The maximum Gasteiger partial charge on any atom is 0.00928 e. The molecule has 2 unspecified atom stereocenters. The van der Waals surface area contributed by atoms with E-state index in [1.165, 1.54) is 64.3 Å². The van der Waals surface area contributed by atoms with E-state index in [0.717, 1.165) is 17.9 Å². The van der Waals surface area contributed by atoms with Gasteiger partial charge in [-0.2, -0.15) is 0 Å². The highest BCUT2D eigenvalue weighted by Gasteiger charge is 2.22. The summed E-state index contributed by atoms with van der Waals surface area (Å²) >= 11 is 0. The SMILES string of the molecule is CCC(NCC1CC=CCC1)C1CCCCC1. The summed E-state index contributed by atoms with van der Waals surface area (Å²) < 4.78 is 0. The molecule has 0 saturated heterocycles. The van der Waals surface area contributed by atoms with Crippen molar-refractivity contribution in [2.75, 3.05) is 6.54 Å². The highest BCUT2D eigenvalue weighted by Crippen LogP contribution is 2.28. The largest absolute Gasteiger partial charge is 0.313 e. The molecule has 2 rings (SSSR count). The van der Waals surface area contributed by atoms with Crippen molar-refractivity contribution in [1.29, 1.82) is 0 Å². The van der Waals surface area contributed by atoms with E-state index in [-0.39, 0.29) is 0 Å². The summed E-state index contributed by atoms with van der Waals surface area (Å²) in [5, 5.41) is 3.87. The molecule has 17 heavy (non-hydrogen) atoms. The molecule has 0 bridgehead atoms. The van der Waals surface area contributed by atoms with E-state index in [1.807, 2.05) is 0 Å². The maximum atomic E-state index is 3.87. The summed E-state index contributed by atoms with van der Waals surface area (Å²) in [6, 6.07) is 0.793. The van der Waals surface area contributed by atoms with E-state index in [4.69, 9.17) is 0 Å². The van der Waals surface area contributed by atoms with Crippen LogP contribution < -0.4 is 5.32 Å². The molecule has 0 radical (unpaired) electrons. The second kappa shape index (κ2) is 7.20. The summed E-state index contributed by atoms with van der Waals surface area (Å²) in [5.41, 5.74) is 0. The van der Waals surface area contributed by atoms with Crippen LogP contribution in [0.2, 0.25) is 0 Å². The first-order valence-electron chi connectivity index (χ1n) is 7.78. The molecule has 0 heterocycles. The van der Waals surface area contributed by atoms with Crippen LogP contribution in [0.1, 0.15) is 64.7 Å². The topological polar surface area (TPSA) is 12.0 Å². The van der Waals surface area contributed by atoms with Crippen LogP contribution in [0.15, 0.2) is 12.2 Å². The Hall–Kier alpha value is -0.300. The molecule has 0 spiro atoms. The first kappa shape index (κ1) is 13.1. The van der Waals surface area contributed by atoms with Crippen LogP contribution in [0.3, 0.4) is 0 Å². The molecule has 0 aromatic rings. The predicted octanol–water partition coefficient (Wildman–Crippen LogP) is 4.29. The third kappa shape index (κ3) is 4.13. The zero-order valence-corrected chi connectivity index (χ0v) is 11.5. The molecule has 0 amide bonds. The number of rotatable bonds is 5. The summed E-state index contributed by atoms with van der Waals surface area (Å²) in [6.07, 6.45) is 17.4. The second-order valence-corrected chi connectivity index (χ2v) is 5.97. The van der Waals surface area contributed by atoms with Crippen LogP contribution in [0, 0.1) is 11.8 Å². The second-order valence-electron chi connectivity index (χ2n) is 5.97. The van der Waals surface area contributed by atoms with Gasteiger partial charge >= 0.3 is 0 Å². The van der Waals surface area contributed by atoms with Crippen molar-refractivity contribution in [3.8, 4) is 0 Å². The van der Waals surface area contributed by atoms with E-state index >= 15 is 0 Å². The quantitative estimate of drug-likeness (QED) is 0.701. The van der Waals surface area contributed by atoms with Crippen molar-refractivity contribution in [3.63, 3.8) is 0 Å². The Kier molecular flexibility index (Phi) is 5.57. The zero-order valence-electron chi connectivity index (χ0n) is 11.5. The predicted molar refractivity (Wildman–Crippen MR) is 75.1 cm³/mol. The van der Waals surface area contributed by atoms with Crippen molar-refractivity contribution in [2.24, 2.45) is 11.8 Å². The van der Waals surface area contributed by atoms with Crippen LogP contribution in [-0.4, -0.2) is 12.6 Å².